The second-order valence-electron chi connectivity index (χ2n) is 5.89. The minimum atomic E-state index is -0.754. The lowest BCUT2D eigenvalue weighted by Crippen LogP contribution is -2.19. The van der Waals surface area contributed by atoms with Crippen LogP contribution in [-0.2, 0) is 16.1 Å². The SMILES string of the molecule is CNCc1ccccc1.O=C(O)C1C2CC3C(C2=O)C31. The standard InChI is InChI=1S/C8H11N.C8H8O3/c1-9-7-8-5-3-2-4-6-8;9-7-3-1-2-4(5(2)7)6(3)8(10)11/h2-6,9H,7H2,1H3;2-6H,1H2,(H,10,11). The Labute approximate surface area is 118 Å². The molecule has 0 radical (unpaired) electrons. The topological polar surface area (TPSA) is 66.4 Å². The molecule has 5 atom stereocenters. The van der Waals surface area contributed by atoms with Gasteiger partial charge in [-0.05, 0) is 30.9 Å². The quantitative estimate of drug-likeness (QED) is 0.877. The molecule has 1 aromatic carbocycles. The molecule has 4 nitrogen and oxygen atoms in total. The average Bonchev–Trinajstić information content (AvgIpc) is 2.73. The summed E-state index contributed by atoms with van der Waals surface area (Å²) in [5.41, 5.74) is 1.33. The van der Waals surface area contributed by atoms with Crippen molar-refractivity contribution in [2.75, 3.05) is 7.05 Å². The number of rotatable bonds is 3. The van der Waals surface area contributed by atoms with E-state index in [0.717, 1.165) is 13.0 Å². The van der Waals surface area contributed by atoms with Crippen molar-refractivity contribution in [3.8, 4) is 0 Å². The fourth-order valence-corrected chi connectivity index (χ4v) is 3.98. The first-order valence-corrected chi connectivity index (χ1v) is 7.10. The summed E-state index contributed by atoms with van der Waals surface area (Å²) < 4.78 is 0. The minimum absolute atomic E-state index is 0.104. The van der Waals surface area contributed by atoms with Crippen LogP contribution in [0, 0.1) is 29.6 Å². The average molecular weight is 273 g/mol. The maximum atomic E-state index is 11.2. The Balaban J connectivity index is 0.000000124. The predicted molar refractivity (Wildman–Crippen MR) is 73.9 cm³/mol. The third kappa shape index (κ3) is 2.04. The van der Waals surface area contributed by atoms with Gasteiger partial charge in [0.05, 0.1) is 5.92 Å². The summed E-state index contributed by atoms with van der Waals surface area (Å²) in [5, 5.41) is 11.9. The van der Waals surface area contributed by atoms with E-state index in [9.17, 15) is 9.59 Å². The van der Waals surface area contributed by atoms with Crippen LogP contribution in [0.2, 0.25) is 0 Å². The van der Waals surface area contributed by atoms with E-state index >= 15 is 0 Å². The molecule has 4 aliphatic rings. The van der Waals surface area contributed by atoms with Gasteiger partial charge in [0.2, 0.25) is 0 Å². The number of Topliss-reactive ketones (excluding diaryl/α,β-unsaturated/α-hetero) is 1. The summed E-state index contributed by atoms with van der Waals surface area (Å²) in [7, 11) is 1.95. The van der Waals surface area contributed by atoms with E-state index in [2.05, 4.69) is 17.4 Å². The van der Waals surface area contributed by atoms with Crippen molar-refractivity contribution >= 4 is 11.8 Å². The Morgan fingerprint density at radius 3 is 2.40 bits per heavy atom. The molecule has 4 saturated carbocycles. The molecular weight excluding hydrogens is 254 g/mol. The fraction of sp³-hybridized carbons (Fsp3) is 0.500. The number of carboxylic acids is 1. The first-order chi connectivity index (χ1) is 9.65. The number of hydrogen-bond donors (Lipinski definition) is 2. The van der Waals surface area contributed by atoms with Crippen LogP contribution < -0.4 is 5.32 Å². The van der Waals surface area contributed by atoms with Gasteiger partial charge >= 0.3 is 5.97 Å². The lowest BCUT2D eigenvalue weighted by molar-refractivity contribution is -0.144. The predicted octanol–water partition coefficient (Wildman–Crippen LogP) is 1.56. The van der Waals surface area contributed by atoms with Gasteiger partial charge in [0.25, 0.3) is 0 Å². The summed E-state index contributed by atoms with van der Waals surface area (Å²) in [6.07, 6.45) is 0.866. The summed E-state index contributed by atoms with van der Waals surface area (Å²) in [6.45, 7) is 0.959. The van der Waals surface area contributed by atoms with Crippen LogP contribution in [0.15, 0.2) is 30.3 Å². The molecule has 0 heterocycles. The molecule has 5 unspecified atom stereocenters. The Kier molecular flexibility index (Phi) is 3.34. The molecule has 0 amide bonds. The van der Waals surface area contributed by atoms with Crippen molar-refractivity contribution < 1.29 is 14.7 Å². The Bertz CT molecular complexity index is 528. The normalized spacial score (nSPS) is 35.5. The Morgan fingerprint density at radius 2 is 2.05 bits per heavy atom. The smallest absolute Gasteiger partial charge is 0.307 e. The van der Waals surface area contributed by atoms with Crippen LogP contribution >= 0.6 is 0 Å². The van der Waals surface area contributed by atoms with Crippen LogP contribution in [-0.4, -0.2) is 23.9 Å². The molecule has 2 N–H and O–H groups in total. The highest BCUT2D eigenvalue weighted by atomic mass is 16.4. The van der Waals surface area contributed by atoms with E-state index in [1.165, 1.54) is 5.56 Å². The zero-order chi connectivity index (χ0) is 14.3. The molecule has 0 aliphatic heterocycles. The minimum Gasteiger partial charge on any atom is -0.481 e. The van der Waals surface area contributed by atoms with E-state index in [-0.39, 0.29) is 29.5 Å². The number of carbonyl (C=O) groups excluding carboxylic acids is 1. The molecule has 4 aliphatic carbocycles. The maximum Gasteiger partial charge on any atom is 0.307 e. The highest BCUT2D eigenvalue weighted by Crippen LogP contribution is 2.71. The van der Waals surface area contributed by atoms with Gasteiger partial charge in [-0.15, -0.1) is 0 Å². The molecule has 4 fully saturated rings. The molecule has 4 bridgehead atoms. The largest absolute Gasteiger partial charge is 0.481 e. The second kappa shape index (κ2) is 5.02. The molecule has 0 saturated heterocycles. The molecule has 0 aromatic heterocycles. The summed E-state index contributed by atoms with van der Waals surface area (Å²) >= 11 is 0. The molecule has 4 heteroatoms. The first kappa shape index (κ1) is 13.3. The highest BCUT2D eigenvalue weighted by Gasteiger charge is 2.75. The summed E-state index contributed by atoms with van der Waals surface area (Å²) in [4.78, 5) is 21.9. The molecule has 106 valence electrons. The number of hydrogen-bond acceptors (Lipinski definition) is 3. The number of ketones is 1. The van der Waals surface area contributed by atoms with E-state index in [1.54, 1.807) is 0 Å². The van der Waals surface area contributed by atoms with Gasteiger partial charge in [-0.2, -0.15) is 0 Å². The van der Waals surface area contributed by atoms with E-state index < -0.39 is 5.97 Å². The zero-order valence-corrected chi connectivity index (χ0v) is 11.5. The first-order valence-electron chi connectivity index (χ1n) is 7.10. The van der Waals surface area contributed by atoms with Crippen LogP contribution in [0.1, 0.15) is 12.0 Å². The van der Waals surface area contributed by atoms with Crippen molar-refractivity contribution in [2.24, 2.45) is 29.6 Å². The molecular formula is C16H19NO3. The number of carbonyl (C=O) groups is 2. The number of benzene rings is 1. The van der Waals surface area contributed by atoms with Crippen LogP contribution in [0.5, 0.6) is 0 Å². The molecule has 5 rings (SSSR count). The van der Waals surface area contributed by atoms with Gasteiger partial charge in [0.1, 0.15) is 5.78 Å². The van der Waals surface area contributed by atoms with Gasteiger partial charge in [-0.25, -0.2) is 0 Å². The van der Waals surface area contributed by atoms with E-state index in [1.807, 2.05) is 25.2 Å². The second-order valence-corrected chi connectivity index (χ2v) is 5.89. The van der Waals surface area contributed by atoms with E-state index in [4.69, 9.17) is 5.11 Å². The van der Waals surface area contributed by atoms with Crippen LogP contribution in [0.4, 0.5) is 0 Å². The van der Waals surface area contributed by atoms with Crippen molar-refractivity contribution in [1.29, 1.82) is 0 Å². The molecule has 1 aromatic rings. The van der Waals surface area contributed by atoms with Gasteiger partial charge in [0, 0.05) is 18.4 Å². The summed E-state index contributed by atoms with van der Waals surface area (Å²) in [6, 6.07) is 10.3. The van der Waals surface area contributed by atoms with Gasteiger partial charge in [-0.3, -0.25) is 9.59 Å². The maximum absolute atomic E-state index is 11.2. The monoisotopic (exact) mass is 273 g/mol. The Morgan fingerprint density at radius 1 is 1.35 bits per heavy atom. The van der Waals surface area contributed by atoms with Crippen molar-refractivity contribution in [1.82, 2.24) is 5.32 Å². The van der Waals surface area contributed by atoms with Crippen molar-refractivity contribution in [2.45, 2.75) is 13.0 Å². The lowest BCUT2D eigenvalue weighted by atomic mass is 9.98. The fourth-order valence-electron chi connectivity index (χ4n) is 3.98. The third-order valence-electron chi connectivity index (χ3n) is 4.81. The number of nitrogens with one attached hydrogen (secondary N) is 1. The highest BCUT2D eigenvalue weighted by molar-refractivity contribution is 5.98. The van der Waals surface area contributed by atoms with E-state index in [0.29, 0.717) is 5.92 Å². The van der Waals surface area contributed by atoms with Gasteiger partial charge in [0.15, 0.2) is 0 Å². The van der Waals surface area contributed by atoms with Gasteiger partial charge in [-0.1, -0.05) is 30.3 Å². The number of carboxylic acid groups (broad SMARTS) is 1. The molecule has 20 heavy (non-hydrogen) atoms. The van der Waals surface area contributed by atoms with Crippen molar-refractivity contribution in [3.63, 3.8) is 0 Å². The van der Waals surface area contributed by atoms with Crippen LogP contribution in [0.25, 0.3) is 0 Å². The lowest BCUT2D eigenvalue weighted by Gasteiger charge is -2.05. The Hall–Kier alpha value is -1.68. The zero-order valence-electron chi connectivity index (χ0n) is 11.5. The van der Waals surface area contributed by atoms with Crippen LogP contribution in [0.3, 0.4) is 0 Å². The summed E-state index contributed by atoms with van der Waals surface area (Å²) in [5.74, 6) is -0.0482. The molecule has 0 spiro atoms. The third-order valence-corrected chi connectivity index (χ3v) is 4.81. The number of aliphatic carboxylic acids is 1. The van der Waals surface area contributed by atoms with Crippen molar-refractivity contribution in [3.05, 3.63) is 35.9 Å². The van der Waals surface area contributed by atoms with Gasteiger partial charge < -0.3 is 10.4 Å².